The summed E-state index contributed by atoms with van der Waals surface area (Å²) in [4.78, 5) is 14.6. The summed E-state index contributed by atoms with van der Waals surface area (Å²) < 4.78 is 157. The molecule has 7 heterocycles. The molecule has 0 radical (unpaired) electrons. The Morgan fingerprint density at radius 3 is 1.15 bits per heavy atom. The number of aryl methyl sites for hydroxylation is 4. The Morgan fingerprint density at radius 1 is 0.447 bits per heavy atom. The Kier molecular flexibility index (Phi) is 30.4. The van der Waals surface area contributed by atoms with Crippen molar-refractivity contribution in [3.63, 3.8) is 0 Å². The lowest BCUT2D eigenvalue weighted by atomic mass is 9.96. The van der Waals surface area contributed by atoms with Crippen molar-refractivity contribution in [1.82, 2.24) is 44.7 Å². The van der Waals surface area contributed by atoms with Gasteiger partial charge in [0.25, 0.3) is 21.9 Å². The number of halogens is 12. The molecule has 614 valence electrons. The number of hydrogen-bond acceptors (Lipinski definition) is 14. The van der Waals surface area contributed by atoms with Crippen LogP contribution in [0.2, 0.25) is 45.2 Å². The second-order valence-electron chi connectivity index (χ2n) is 27.1. The van der Waals surface area contributed by atoms with Crippen LogP contribution in [0, 0.1) is 27.7 Å². The van der Waals surface area contributed by atoms with Gasteiger partial charge in [0.05, 0.1) is 64.4 Å². The van der Waals surface area contributed by atoms with Crippen molar-refractivity contribution in [2.75, 3.05) is 73.6 Å². The number of piperazine rings is 3. The molecule has 3 atom stereocenters. The van der Waals surface area contributed by atoms with Crippen LogP contribution in [-0.2, 0) is 61.5 Å². The van der Waals surface area contributed by atoms with E-state index in [1.54, 1.807) is 83.6 Å². The van der Waals surface area contributed by atoms with Crippen molar-refractivity contribution >= 4 is 162 Å². The molecule has 4 aliphatic rings. The molecule has 0 amide bonds. The van der Waals surface area contributed by atoms with Crippen molar-refractivity contribution in [3.8, 4) is 0 Å². The van der Waals surface area contributed by atoms with Crippen molar-refractivity contribution in [2.24, 2.45) is 14.1 Å². The zero-order chi connectivity index (χ0) is 82.9. The predicted molar refractivity (Wildman–Crippen MR) is 442 cm³/mol. The van der Waals surface area contributed by atoms with Crippen LogP contribution in [0.5, 0.6) is 0 Å². The highest BCUT2D eigenvalue weighted by Gasteiger charge is 2.42. The molecule has 3 saturated heterocycles. The third-order valence-corrected chi connectivity index (χ3v) is 28.1. The molecule has 3 aliphatic heterocycles. The number of imidazole rings is 4. The SMILES string of the molecule is Cc1n(S(=O)(=O)N2CCN(c3ccc(Cl)cc3Cl)C(c3ccc(Cl)cc3)C2)cc[n+]1C.Cc1nccn1Cn1cc[n+](C)c1C.Cc1nccn1S(=O)(=O)N1CCN(c2ccc(Cl)cc2Cl)C(c2ccc(Cl)cc2)C1.O=S(=O)(NC1CCCCC1)N1CCN(c2ccc(Cl)cc2Cl)C(c2ccc(Cl)cc2)C1.O=S(=O)([O-])C(F)(F)F. The van der Waals surface area contributed by atoms with Crippen LogP contribution in [0.4, 0.5) is 30.2 Å². The lowest BCUT2D eigenvalue weighted by molar-refractivity contribution is -0.677. The van der Waals surface area contributed by atoms with E-state index in [4.69, 9.17) is 117 Å². The van der Waals surface area contributed by atoms with Gasteiger partial charge in [-0.3, -0.25) is 4.57 Å². The molecule has 1 aliphatic carbocycles. The average molecular weight is 1830 g/mol. The summed E-state index contributed by atoms with van der Waals surface area (Å²) in [6.45, 7) is 11.7. The first-order valence-electron chi connectivity index (χ1n) is 35.5. The minimum Gasteiger partial charge on any atom is -0.741 e. The van der Waals surface area contributed by atoms with Gasteiger partial charge in [0.1, 0.15) is 36.4 Å². The van der Waals surface area contributed by atoms with E-state index in [1.807, 2.05) is 112 Å². The van der Waals surface area contributed by atoms with Crippen molar-refractivity contribution in [3.05, 3.63) is 262 Å². The first-order chi connectivity index (χ1) is 53.7. The van der Waals surface area contributed by atoms with Gasteiger partial charge >= 0.3 is 25.9 Å². The van der Waals surface area contributed by atoms with E-state index in [9.17, 15) is 38.4 Å². The molecule has 4 aromatic heterocycles. The molecule has 0 bridgehead atoms. The van der Waals surface area contributed by atoms with Crippen LogP contribution in [0.15, 0.2) is 177 Å². The smallest absolute Gasteiger partial charge is 0.485 e. The van der Waals surface area contributed by atoms with E-state index in [1.165, 1.54) is 41.2 Å². The lowest BCUT2D eigenvalue weighted by Gasteiger charge is -2.43. The van der Waals surface area contributed by atoms with Gasteiger partial charge in [-0.2, -0.15) is 56.1 Å². The largest absolute Gasteiger partial charge is 0.741 e. The maximum absolute atomic E-state index is 13.4. The highest BCUT2D eigenvalue weighted by Crippen LogP contribution is 2.42. The van der Waals surface area contributed by atoms with Crippen LogP contribution in [0.25, 0.3) is 0 Å². The number of aromatic nitrogens is 8. The number of benzene rings is 6. The molecule has 6 aromatic carbocycles. The normalized spacial score (nSPS) is 17.7. The third kappa shape index (κ3) is 22.3. The van der Waals surface area contributed by atoms with Crippen molar-refractivity contribution < 1.29 is 60.5 Å². The van der Waals surface area contributed by atoms with Crippen LogP contribution < -0.4 is 28.6 Å². The van der Waals surface area contributed by atoms with Gasteiger partial charge in [0.15, 0.2) is 16.8 Å². The first-order valence-corrected chi connectivity index (χ1v) is 44.5. The van der Waals surface area contributed by atoms with Crippen LogP contribution in [-0.4, -0.2) is 149 Å². The molecule has 10 aromatic rings. The van der Waals surface area contributed by atoms with Gasteiger partial charge in [0, 0.05) is 134 Å². The number of nitrogens with one attached hydrogen (secondary N) is 1. The van der Waals surface area contributed by atoms with Gasteiger partial charge in [-0.1, -0.05) is 160 Å². The summed E-state index contributed by atoms with van der Waals surface area (Å²) in [6, 6.07) is 37.8. The van der Waals surface area contributed by atoms with Crippen molar-refractivity contribution in [1.29, 1.82) is 0 Å². The molecular formula is C74H82Cl9F3N15O9S4+. The summed E-state index contributed by atoms with van der Waals surface area (Å²) >= 11 is 56.0. The fourth-order valence-electron chi connectivity index (χ4n) is 13.4. The van der Waals surface area contributed by atoms with Crippen LogP contribution >= 0.6 is 104 Å². The monoisotopic (exact) mass is 1820 g/mol. The average Bonchev–Trinajstić information content (AvgIpc) is 1.16. The maximum Gasteiger partial charge on any atom is 0.485 e. The number of alkyl halides is 3. The quantitative estimate of drug-likeness (QED) is 0.0570. The fraction of sp³-hybridized carbons (Fsp3) is 0.351. The summed E-state index contributed by atoms with van der Waals surface area (Å²) in [7, 11) is -13.3. The maximum atomic E-state index is 13.4. The molecule has 1 saturated carbocycles. The van der Waals surface area contributed by atoms with E-state index in [0.29, 0.717) is 103 Å². The highest BCUT2D eigenvalue weighted by atomic mass is 35.5. The lowest BCUT2D eigenvalue weighted by Crippen LogP contribution is -2.55. The van der Waals surface area contributed by atoms with Gasteiger partial charge < -0.3 is 19.3 Å². The summed E-state index contributed by atoms with van der Waals surface area (Å²) in [5.41, 5.74) is -0.329. The molecule has 24 nitrogen and oxygen atoms in total. The van der Waals surface area contributed by atoms with E-state index in [0.717, 1.165) is 71.9 Å². The number of rotatable bonds is 15. The zero-order valence-corrected chi connectivity index (χ0v) is 72.3. The minimum atomic E-state index is -6.09. The van der Waals surface area contributed by atoms with Gasteiger partial charge in [-0.15, -0.1) is 3.97 Å². The standard InChI is InChI=1S/C22H26Cl3N3O2S.C21H22Cl3N4O2S.C20H19Cl3N4O2S.C10H15N4.CHF3O3S/c23-17-8-6-16(7-9-17)22-15-27(31(29,30)26-19-4-2-1-3-5-19)12-13-28(22)21-11-10-18(24)14-20(21)25;1-15-25(2)9-12-28(15)31(29,30)26-10-11-27(20-8-7-18(23)13-19(20)24)21(14-26)16-3-5-17(22)6-4-16;1-14-24-8-9-27(14)30(28,29)25-10-11-26(19-7-6-17(22)12-18(19)23)20(13-25)15-2-4-16(21)5-3-15;1-9-11-4-5-13(9)8-14-7-6-12(3)10(14)2;2-1(3,4)8(5,6)7/h6-11,14,19,22,26H,1-5,12-13,15H2;3-9,12-13,21H,10-11,14H2,1-2H3;2-9,12,20H,10-11,13H2,1H3;4-7H,8H2,1-3H3;(H,5,6,7)/q;+1;;+1;/p-1. The Hall–Kier alpha value is -6.44. The Morgan fingerprint density at radius 2 is 0.807 bits per heavy atom. The summed E-state index contributed by atoms with van der Waals surface area (Å²) in [5.74, 6) is 3.33. The second-order valence-corrected chi connectivity index (χ2v) is 37.6. The Labute approximate surface area is 707 Å². The fourth-order valence-corrected chi connectivity index (χ4v) is 19.9. The molecule has 3 unspecified atom stereocenters. The molecule has 114 heavy (non-hydrogen) atoms. The number of anilines is 3. The second kappa shape index (κ2) is 38.5. The molecule has 0 spiro atoms. The third-order valence-electron chi connectivity index (χ3n) is 19.8. The molecule has 4 fully saturated rings. The predicted octanol–water partition coefficient (Wildman–Crippen LogP) is 15.4. The van der Waals surface area contributed by atoms with Crippen LogP contribution in [0.1, 0.15) is 90.2 Å². The number of nitrogens with zero attached hydrogens (tertiary/aromatic N) is 14. The highest BCUT2D eigenvalue weighted by molar-refractivity contribution is 7.88. The topological polar surface area (TPSA) is 244 Å². The summed E-state index contributed by atoms with van der Waals surface area (Å²) in [6.07, 6.45) is 19.3. The zero-order valence-electron chi connectivity index (χ0n) is 62.3. The van der Waals surface area contributed by atoms with E-state index in [2.05, 4.69) is 62.4 Å². The van der Waals surface area contributed by atoms with Gasteiger partial charge in [-0.25, -0.2) is 36.1 Å². The molecule has 40 heteroatoms. The molecule has 1 N–H and O–H groups in total. The van der Waals surface area contributed by atoms with E-state index < -0.39 is 46.3 Å². The van der Waals surface area contributed by atoms with Crippen molar-refractivity contribution in [2.45, 2.75) is 96.1 Å². The van der Waals surface area contributed by atoms with Crippen LogP contribution in [0.3, 0.4) is 0 Å². The van der Waals surface area contributed by atoms with E-state index >= 15 is 0 Å². The molecule has 14 rings (SSSR count). The van der Waals surface area contributed by atoms with Gasteiger partial charge in [0.2, 0.25) is 0 Å². The number of hydrogen-bond donors (Lipinski definition) is 1. The van der Waals surface area contributed by atoms with Gasteiger partial charge in [-0.05, 0) is 134 Å². The van der Waals surface area contributed by atoms with E-state index in [-0.39, 0.29) is 37.3 Å². The first kappa shape index (κ1) is 89.9. The Balaban J connectivity index is 0.000000160. The Bertz CT molecular complexity index is 5460. The summed E-state index contributed by atoms with van der Waals surface area (Å²) in [5, 5.41) is 5.12. The minimum absolute atomic E-state index is 0.0245. The molecular weight excluding hydrogens is 1750 g/mol.